The minimum absolute atomic E-state index is 0.267. The molecule has 0 amide bonds. The number of hydrogen-bond acceptors (Lipinski definition) is 4. The van der Waals surface area contributed by atoms with Gasteiger partial charge in [0.25, 0.3) is 0 Å². The number of hydrogen-bond donors (Lipinski definition) is 0. The highest BCUT2D eigenvalue weighted by Crippen LogP contribution is 2.36. The lowest BCUT2D eigenvalue weighted by molar-refractivity contribution is 0.430. The lowest BCUT2D eigenvalue weighted by atomic mass is 10.2. The van der Waals surface area contributed by atoms with Gasteiger partial charge in [0.2, 0.25) is 10.0 Å². The first-order valence-electron chi connectivity index (χ1n) is 7.75. The Morgan fingerprint density at radius 2 is 1.72 bits per heavy atom. The predicted molar refractivity (Wildman–Crippen MR) is 95.1 cm³/mol. The van der Waals surface area contributed by atoms with Gasteiger partial charge in [0.15, 0.2) is 0 Å². The van der Waals surface area contributed by atoms with E-state index >= 15 is 0 Å². The van der Waals surface area contributed by atoms with Gasteiger partial charge in [0.05, 0.1) is 23.7 Å². The normalized spacial score (nSPS) is 14.6. The summed E-state index contributed by atoms with van der Waals surface area (Å²) >= 11 is 1.46. The molecule has 0 fully saturated rings. The number of thiazole rings is 1. The van der Waals surface area contributed by atoms with E-state index in [-0.39, 0.29) is 12.4 Å². The highest BCUT2D eigenvalue weighted by molar-refractivity contribution is 7.89. The fraction of sp³-hybridized carbons (Fsp3) is 0.167. The molecule has 4 rings (SSSR count). The summed E-state index contributed by atoms with van der Waals surface area (Å²) in [7, 11) is -3.53. The van der Waals surface area contributed by atoms with Gasteiger partial charge >= 0.3 is 0 Å². The van der Waals surface area contributed by atoms with Crippen LogP contribution in [0, 0.1) is 12.7 Å². The maximum atomic E-state index is 13.0. The van der Waals surface area contributed by atoms with E-state index < -0.39 is 10.0 Å². The van der Waals surface area contributed by atoms with Crippen LogP contribution in [0.4, 0.5) is 4.39 Å². The van der Waals surface area contributed by atoms with E-state index in [4.69, 9.17) is 0 Å². The van der Waals surface area contributed by atoms with E-state index in [9.17, 15) is 12.8 Å². The van der Waals surface area contributed by atoms with Crippen LogP contribution >= 0.6 is 11.3 Å². The second-order valence-corrected chi connectivity index (χ2v) is 9.00. The molecule has 0 atom stereocenters. The number of sulfonamides is 1. The van der Waals surface area contributed by atoms with Crippen molar-refractivity contribution in [3.05, 3.63) is 70.5 Å². The van der Waals surface area contributed by atoms with Gasteiger partial charge in [0, 0.05) is 10.4 Å². The van der Waals surface area contributed by atoms with Gasteiger partial charge in [0.1, 0.15) is 10.8 Å². The zero-order valence-corrected chi connectivity index (χ0v) is 15.1. The van der Waals surface area contributed by atoms with Crippen molar-refractivity contribution in [3.8, 4) is 10.6 Å². The smallest absolute Gasteiger partial charge is 0.239 e. The van der Waals surface area contributed by atoms with E-state index in [2.05, 4.69) is 4.98 Å². The molecule has 0 saturated carbocycles. The number of aryl methyl sites for hydroxylation is 1. The highest BCUT2D eigenvalue weighted by Gasteiger charge is 2.33. The maximum Gasteiger partial charge on any atom is 0.243 e. The highest BCUT2D eigenvalue weighted by atomic mass is 32.2. The average Bonchev–Trinajstić information content (AvgIpc) is 3.15. The maximum absolute atomic E-state index is 13.0. The Morgan fingerprint density at radius 3 is 2.36 bits per heavy atom. The first kappa shape index (κ1) is 16.4. The third-order valence-corrected chi connectivity index (χ3v) is 7.11. The molecule has 1 aliphatic heterocycles. The molecule has 0 spiro atoms. The molecule has 0 bridgehead atoms. The van der Waals surface area contributed by atoms with Crippen molar-refractivity contribution in [2.24, 2.45) is 0 Å². The van der Waals surface area contributed by atoms with Crippen LogP contribution in [0.2, 0.25) is 0 Å². The second kappa shape index (κ2) is 6.01. The van der Waals surface area contributed by atoms with Gasteiger partial charge in [-0.25, -0.2) is 17.8 Å². The molecule has 25 heavy (non-hydrogen) atoms. The van der Waals surface area contributed by atoms with Crippen LogP contribution in [0.25, 0.3) is 10.6 Å². The van der Waals surface area contributed by atoms with Gasteiger partial charge < -0.3 is 0 Å². The zero-order valence-electron chi connectivity index (χ0n) is 13.4. The minimum atomic E-state index is -3.53. The Labute approximate surface area is 149 Å². The SMILES string of the molecule is Cc1ccc(S(=O)(=O)N2Cc3nc(-c4ccc(F)cc4)sc3C2)cc1. The molecule has 0 saturated heterocycles. The molecule has 128 valence electrons. The molecular weight excluding hydrogens is 359 g/mol. The summed E-state index contributed by atoms with van der Waals surface area (Å²) < 4.78 is 40.0. The third-order valence-electron chi connectivity index (χ3n) is 4.17. The van der Waals surface area contributed by atoms with Crippen LogP contribution < -0.4 is 0 Å². The van der Waals surface area contributed by atoms with E-state index in [0.29, 0.717) is 11.4 Å². The van der Waals surface area contributed by atoms with E-state index in [0.717, 1.165) is 26.7 Å². The van der Waals surface area contributed by atoms with Crippen molar-refractivity contribution >= 4 is 21.4 Å². The largest absolute Gasteiger partial charge is 0.243 e. The summed E-state index contributed by atoms with van der Waals surface area (Å²) in [6.45, 7) is 2.51. The number of nitrogens with zero attached hydrogens (tertiary/aromatic N) is 2. The van der Waals surface area contributed by atoms with Crippen LogP contribution in [0.5, 0.6) is 0 Å². The van der Waals surface area contributed by atoms with Crippen LogP contribution in [-0.2, 0) is 23.1 Å². The number of fused-ring (bicyclic) bond motifs is 1. The van der Waals surface area contributed by atoms with E-state index in [1.807, 2.05) is 6.92 Å². The molecule has 0 unspecified atom stereocenters. The predicted octanol–water partition coefficient (Wildman–Crippen LogP) is 3.96. The van der Waals surface area contributed by atoms with Crippen LogP contribution in [0.15, 0.2) is 53.4 Å². The van der Waals surface area contributed by atoms with E-state index in [1.165, 1.54) is 27.8 Å². The van der Waals surface area contributed by atoms with Gasteiger partial charge in [-0.3, -0.25) is 0 Å². The molecule has 0 aliphatic carbocycles. The summed E-state index contributed by atoms with van der Waals surface area (Å²) in [6, 6.07) is 13.0. The Hall–Kier alpha value is -2.09. The number of aromatic nitrogens is 1. The molecular formula is C18H15FN2O2S2. The molecule has 0 N–H and O–H groups in total. The van der Waals surface area contributed by atoms with Crippen molar-refractivity contribution in [2.45, 2.75) is 24.9 Å². The lowest BCUT2D eigenvalue weighted by Gasteiger charge is -2.15. The first-order chi connectivity index (χ1) is 11.9. The Balaban J connectivity index is 1.59. The van der Waals surface area contributed by atoms with Crippen LogP contribution in [0.1, 0.15) is 16.1 Å². The Kier molecular flexibility index (Phi) is 3.94. The second-order valence-electron chi connectivity index (χ2n) is 5.98. The number of halogens is 1. The minimum Gasteiger partial charge on any atom is -0.239 e. The topological polar surface area (TPSA) is 50.3 Å². The fourth-order valence-corrected chi connectivity index (χ4v) is 5.30. The van der Waals surface area contributed by atoms with E-state index in [1.54, 1.807) is 36.4 Å². The molecule has 1 aromatic heterocycles. The molecule has 2 heterocycles. The average molecular weight is 374 g/mol. The summed E-state index contributed by atoms with van der Waals surface area (Å²) in [5.41, 5.74) is 2.64. The van der Waals surface area contributed by atoms with Gasteiger partial charge in [-0.1, -0.05) is 17.7 Å². The first-order valence-corrected chi connectivity index (χ1v) is 10.0. The third kappa shape index (κ3) is 2.99. The number of benzene rings is 2. The molecule has 0 radical (unpaired) electrons. The Bertz CT molecular complexity index is 1000. The quantitative estimate of drug-likeness (QED) is 0.697. The molecule has 2 aromatic carbocycles. The van der Waals surface area contributed by atoms with Crippen molar-refractivity contribution in [1.29, 1.82) is 0 Å². The summed E-state index contributed by atoms with van der Waals surface area (Å²) in [5.74, 6) is -0.289. The van der Waals surface area contributed by atoms with Gasteiger partial charge in [-0.2, -0.15) is 4.31 Å². The summed E-state index contributed by atoms with van der Waals surface area (Å²) in [5, 5.41) is 0.789. The standard InChI is InChI=1S/C18H15FN2O2S2/c1-12-2-8-15(9-3-12)25(22,23)21-10-16-17(11-21)24-18(20-16)13-4-6-14(19)7-5-13/h2-9H,10-11H2,1H3. The van der Waals surface area contributed by atoms with Crippen molar-refractivity contribution in [2.75, 3.05) is 0 Å². The van der Waals surface area contributed by atoms with Crippen molar-refractivity contribution in [1.82, 2.24) is 9.29 Å². The Morgan fingerprint density at radius 1 is 1.04 bits per heavy atom. The summed E-state index contributed by atoms with van der Waals surface area (Å²) in [4.78, 5) is 5.79. The molecule has 1 aliphatic rings. The van der Waals surface area contributed by atoms with Gasteiger partial charge in [-0.05, 0) is 43.3 Å². The zero-order chi connectivity index (χ0) is 17.6. The molecule has 7 heteroatoms. The van der Waals surface area contributed by atoms with Crippen LogP contribution in [-0.4, -0.2) is 17.7 Å². The monoisotopic (exact) mass is 374 g/mol. The summed E-state index contributed by atoms with van der Waals surface area (Å²) in [6.07, 6.45) is 0. The fourth-order valence-electron chi connectivity index (χ4n) is 2.76. The molecule has 4 nitrogen and oxygen atoms in total. The van der Waals surface area contributed by atoms with Gasteiger partial charge in [-0.15, -0.1) is 11.3 Å². The van der Waals surface area contributed by atoms with Crippen LogP contribution in [0.3, 0.4) is 0 Å². The molecule has 3 aromatic rings. The van der Waals surface area contributed by atoms with Crippen molar-refractivity contribution < 1.29 is 12.8 Å². The lowest BCUT2D eigenvalue weighted by Crippen LogP contribution is -2.25. The number of rotatable bonds is 3. The van der Waals surface area contributed by atoms with Crippen molar-refractivity contribution in [3.63, 3.8) is 0 Å².